The summed E-state index contributed by atoms with van der Waals surface area (Å²) in [5.74, 6) is 1.38. The predicted octanol–water partition coefficient (Wildman–Crippen LogP) is 0.638. The third-order valence-corrected chi connectivity index (χ3v) is 6.89. The lowest BCUT2D eigenvalue weighted by Gasteiger charge is -2.41. The number of aryl methyl sites for hydroxylation is 1. The van der Waals surface area contributed by atoms with Crippen molar-refractivity contribution in [2.24, 2.45) is 11.1 Å². The molecule has 1 spiro atoms. The predicted molar refractivity (Wildman–Crippen MR) is 112 cm³/mol. The molecule has 2 atom stereocenters. The number of nitrogen functional groups attached to an aromatic ring is 1. The Bertz CT molecular complexity index is 952. The molecule has 0 radical (unpaired) electrons. The van der Waals surface area contributed by atoms with Crippen LogP contribution in [0.3, 0.4) is 0 Å². The maximum Gasteiger partial charge on any atom is 0.281 e. The van der Waals surface area contributed by atoms with Crippen molar-refractivity contribution in [1.29, 1.82) is 0 Å². The minimum atomic E-state index is -0.242. The van der Waals surface area contributed by atoms with E-state index in [-0.39, 0.29) is 35.0 Å². The van der Waals surface area contributed by atoms with Gasteiger partial charge in [0.2, 0.25) is 0 Å². The van der Waals surface area contributed by atoms with E-state index in [0.717, 1.165) is 51.3 Å². The van der Waals surface area contributed by atoms with Gasteiger partial charge in [-0.1, -0.05) is 0 Å². The number of hydrogen-bond acceptors (Lipinski definition) is 8. The van der Waals surface area contributed by atoms with Crippen LogP contribution in [0.25, 0.3) is 0 Å². The molecule has 30 heavy (non-hydrogen) atoms. The van der Waals surface area contributed by atoms with Gasteiger partial charge in [-0.05, 0) is 26.2 Å². The van der Waals surface area contributed by atoms with Gasteiger partial charge in [-0.25, -0.2) is 14.6 Å². The maximum atomic E-state index is 13.1. The van der Waals surface area contributed by atoms with Crippen molar-refractivity contribution >= 4 is 23.4 Å². The molecule has 10 heteroatoms. The van der Waals surface area contributed by atoms with E-state index in [1.165, 1.54) is 0 Å². The second-order valence-electron chi connectivity index (χ2n) is 8.58. The molecule has 1 amide bonds. The number of carbonyl (C=O) groups is 1. The molecule has 0 aliphatic carbocycles. The standard InChI is InChI=1S/C20H28N8O2/c1-13-17(21)20(12-30-13)4-9-26(10-5-20)14-11-23-16(18(22)25-14)19(29)27-7-2-8-28-15(27)3-6-24-28/h3,6,11,13,17H,2,4-5,7-10,12,21H2,1H3,(H2,22,25)/t13-,17?/m0/s1. The molecule has 0 bridgehead atoms. The van der Waals surface area contributed by atoms with Gasteiger partial charge in [0.15, 0.2) is 11.5 Å². The minimum Gasteiger partial charge on any atom is -0.382 e. The van der Waals surface area contributed by atoms with Gasteiger partial charge in [-0.2, -0.15) is 5.10 Å². The van der Waals surface area contributed by atoms with E-state index < -0.39 is 0 Å². The van der Waals surface area contributed by atoms with Crippen molar-refractivity contribution in [3.05, 3.63) is 24.2 Å². The normalized spacial score (nSPS) is 25.5. The molecule has 0 saturated carbocycles. The fourth-order valence-corrected chi connectivity index (χ4v) is 4.92. The quantitative estimate of drug-likeness (QED) is 0.735. The molecule has 2 aromatic rings. The van der Waals surface area contributed by atoms with E-state index in [0.29, 0.717) is 12.4 Å². The Hall–Kier alpha value is -2.72. The Morgan fingerprint density at radius 2 is 2.07 bits per heavy atom. The molecule has 2 aromatic heterocycles. The highest BCUT2D eigenvalue weighted by atomic mass is 16.5. The van der Waals surface area contributed by atoms with Gasteiger partial charge in [-0.15, -0.1) is 0 Å². The van der Waals surface area contributed by atoms with E-state index in [1.54, 1.807) is 17.3 Å². The molecule has 160 valence electrons. The van der Waals surface area contributed by atoms with Crippen LogP contribution in [0.15, 0.2) is 18.5 Å². The molecule has 2 saturated heterocycles. The first kappa shape index (κ1) is 19.3. The van der Waals surface area contributed by atoms with Crippen molar-refractivity contribution < 1.29 is 9.53 Å². The molecular weight excluding hydrogens is 384 g/mol. The lowest BCUT2D eigenvalue weighted by atomic mass is 9.73. The Kier molecular flexibility index (Phi) is 4.62. The summed E-state index contributed by atoms with van der Waals surface area (Å²) in [6.07, 6.45) is 6.17. The van der Waals surface area contributed by atoms with Crippen LogP contribution in [0.1, 0.15) is 36.7 Å². The SMILES string of the molecule is C[C@@H]1OCC2(CCN(c3cnc(C(=O)N4CCCn5nccc54)c(N)n3)CC2)C1N. The zero-order valence-electron chi connectivity index (χ0n) is 17.2. The van der Waals surface area contributed by atoms with Crippen LogP contribution in [0.4, 0.5) is 17.5 Å². The summed E-state index contributed by atoms with van der Waals surface area (Å²) in [6.45, 7) is 5.81. The number of carbonyl (C=O) groups excluding carboxylic acids is 1. The molecule has 3 aliphatic heterocycles. The molecule has 3 aliphatic rings. The maximum absolute atomic E-state index is 13.1. The fraction of sp³-hybridized carbons (Fsp3) is 0.600. The second kappa shape index (κ2) is 7.21. The highest BCUT2D eigenvalue weighted by Crippen LogP contribution is 2.41. The fourth-order valence-electron chi connectivity index (χ4n) is 4.92. The van der Waals surface area contributed by atoms with Crippen molar-refractivity contribution in [3.63, 3.8) is 0 Å². The third kappa shape index (κ3) is 3.02. The first-order valence-electron chi connectivity index (χ1n) is 10.6. The number of nitrogens with zero attached hydrogens (tertiary/aromatic N) is 6. The number of rotatable bonds is 2. The average Bonchev–Trinajstić information content (AvgIpc) is 3.35. The van der Waals surface area contributed by atoms with Crippen LogP contribution in [0.2, 0.25) is 0 Å². The highest BCUT2D eigenvalue weighted by Gasteiger charge is 2.47. The van der Waals surface area contributed by atoms with Gasteiger partial charge >= 0.3 is 0 Å². The number of fused-ring (bicyclic) bond motifs is 1. The minimum absolute atomic E-state index is 0.0437. The lowest BCUT2D eigenvalue weighted by molar-refractivity contribution is 0.0971. The first-order valence-corrected chi connectivity index (χ1v) is 10.6. The van der Waals surface area contributed by atoms with Gasteiger partial charge in [0.25, 0.3) is 5.91 Å². The average molecular weight is 412 g/mol. The van der Waals surface area contributed by atoms with E-state index in [1.807, 2.05) is 17.7 Å². The van der Waals surface area contributed by atoms with Gasteiger partial charge < -0.3 is 21.1 Å². The Balaban J connectivity index is 1.31. The molecule has 5 rings (SSSR count). The van der Waals surface area contributed by atoms with Crippen molar-refractivity contribution in [2.75, 3.05) is 41.8 Å². The van der Waals surface area contributed by atoms with Crippen molar-refractivity contribution in [2.45, 2.75) is 44.9 Å². The molecule has 2 fully saturated rings. The van der Waals surface area contributed by atoms with E-state index in [9.17, 15) is 4.79 Å². The summed E-state index contributed by atoms with van der Waals surface area (Å²) in [7, 11) is 0. The van der Waals surface area contributed by atoms with Gasteiger partial charge in [0.05, 0.1) is 25.1 Å². The monoisotopic (exact) mass is 412 g/mol. The van der Waals surface area contributed by atoms with E-state index in [2.05, 4.69) is 20.0 Å². The van der Waals surface area contributed by atoms with E-state index >= 15 is 0 Å². The van der Waals surface area contributed by atoms with Gasteiger partial charge in [0.1, 0.15) is 11.6 Å². The zero-order valence-corrected chi connectivity index (χ0v) is 17.2. The zero-order chi connectivity index (χ0) is 20.9. The number of anilines is 3. The van der Waals surface area contributed by atoms with Crippen LogP contribution < -0.4 is 21.3 Å². The Morgan fingerprint density at radius 3 is 2.77 bits per heavy atom. The van der Waals surface area contributed by atoms with Crippen LogP contribution in [-0.4, -0.2) is 64.0 Å². The molecular formula is C20H28N8O2. The third-order valence-electron chi connectivity index (χ3n) is 6.89. The smallest absolute Gasteiger partial charge is 0.281 e. The van der Waals surface area contributed by atoms with Crippen LogP contribution in [0, 0.1) is 5.41 Å². The number of aromatic nitrogens is 4. The van der Waals surface area contributed by atoms with Gasteiger partial charge in [-0.3, -0.25) is 9.69 Å². The Labute approximate surface area is 175 Å². The lowest BCUT2D eigenvalue weighted by Crippen LogP contribution is -2.50. The topological polar surface area (TPSA) is 128 Å². The number of piperidine rings is 1. The highest BCUT2D eigenvalue weighted by molar-refractivity contribution is 6.07. The van der Waals surface area contributed by atoms with E-state index in [4.69, 9.17) is 16.2 Å². The van der Waals surface area contributed by atoms with Crippen LogP contribution in [0.5, 0.6) is 0 Å². The molecule has 1 unspecified atom stereocenters. The van der Waals surface area contributed by atoms with Crippen LogP contribution in [-0.2, 0) is 11.3 Å². The summed E-state index contributed by atoms with van der Waals surface area (Å²) in [5.41, 5.74) is 12.8. The second-order valence-corrected chi connectivity index (χ2v) is 8.58. The number of nitrogens with two attached hydrogens (primary N) is 2. The summed E-state index contributed by atoms with van der Waals surface area (Å²) in [5, 5.41) is 4.25. The van der Waals surface area contributed by atoms with Crippen LogP contribution >= 0.6 is 0 Å². The molecule has 10 nitrogen and oxygen atoms in total. The van der Waals surface area contributed by atoms with Crippen molar-refractivity contribution in [3.8, 4) is 0 Å². The summed E-state index contributed by atoms with van der Waals surface area (Å²) in [4.78, 5) is 25.8. The summed E-state index contributed by atoms with van der Waals surface area (Å²) < 4.78 is 7.62. The molecule has 4 N–H and O–H groups in total. The summed E-state index contributed by atoms with van der Waals surface area (Å²) >= 11 is 0. The molecule has 5 heterocycles. The summed E-state index contributed by atoms with van der Waals surface area (Å²) in [6, 6.07) is 1.89. The number of hydrogen-bond donors (Lipinski definition) is 2. The largest absolute Gasteiger partial charge is 0.382 e. The van der Waals surface area contributed by atoms with Gasteiger partial charge in [0, 0.05) is 43.7 Å². The van der Waals surface area contributed by atoms with Crippen molar-refractivity contribution in [1.82, 2.24) is 19.7 Å². The Morgan fingerprint density at radius 1 is 1.27 bits per heavy atom. The molecule has 0 aromatic carbocycles. The first-order chi connectivity index (χ1) is 14.5. The number of amides is 1. The number of ether oxygens (including phenoxy) is 1.